The van der Waals surface area contributed by atoms with Crippen LogP contribution in [0.25, 0.3) is 22.5 Å². The van der Waals surface area contributed by atoms with Crippen LogP contribution in [0.2, 0.25) is 0 Å². The van der Waals surface area contributed by atoms with Crippen molar-refractivity contribution < 1.29 is 23.8 Å². The van der Waals surface area contributed by atoms with E-state index in [1.54, 1.807) is 9.80 Å². The number of hydrogen-bond donors (Lipinski definition) is 2. The Morgan fingerprint density at radius 3 is 1.76 bits per heavy atom. The maximum atomic E-state index is 12.9. The topological polar surface area (TPSA) is 126 Å². The molecule has 5 heterocycles. The molecule has 2 fully saturated rings. The largest absolute Gasteiger partial charge is 0.457 e. The molecular weight excluding hydrogens is 632 g/mol. The average molecular weight is 681 g/mol. The Hall–Kier alpha value is -4.80. The van der Waals surface area contributed by atoms with Gasteiger partial charge in [-0.15, -0.1) is 0 Å². The van der Waals surface area contributed by atoms with Crippen LogP contribution in [0.1, 0.15) is 116 Å². The third-order valence-electron chi connectivity index (χ3n) is 9.73. The van der Waals surface area contributed by atoms with Crippen LogP contribution >= 0.6 is 0 Å². The van der Waals surface area contributed by atoms with Crippen LogP contribution in [0.4, 0.5) is 9.59 Å². The van der Waals surface area contributed by atoms with Crippen LogP contribution in [0, 0.1) is 0 Å². The highest BCUT2D eigenvalue weighted by atomic mass is 16.6. The number of likely N-dealkylation sites (tertiary alicyclic amines) is 2. The summed E-state index contributed by atoms with van der Waals surface area (Å²) < 4.78 is 17.9. The van der Waals surface area contributed by atoms with Crippen molar-refractivity contribution in [3.8, 4) is 34.0 Å². The quantitative estimate of drug-likeness (QED) is 0.220. The van der Waals surface area contributed by atoms with Gasteiger partial charge in [0, 0.05) is 40.8 Å². The van der Waals surface area contributed by atoms with E-state index in [1.165, 1.54) is 0 Å². The number of hydrogen-bond acceptors (Lipinski definition) is 7. The van der Waals surface area contributed by atoms with Crippen molar-refractivity contribution in [2.45, 2.75) is 110 Å². The molecule has 0 spiro atoms. The Labute approximate surface area is 293 Å². The highest BCUT2D eigenvalue weighted by Crippen LogP contribution is 2.50. The summed E-state index contributed by atoms with van der Waals surface area (Å²) in [5, 5.41) is 0. The van der Waals surface area contributed by atoms with Gasteiger partial charge in [0.1, 0.15) is 34.3 Å². The molecule has 2 amide bonds. The predicted octanol–water partition coefficient (Wildman–Crippen LogP) is 9.04. The Morgan fingerprint density at radius 1 is 0.740 bits per heavy atom. The highest BCUT2D eigenvalue weighted by molar-refractivity contribution is 5.71. The van der Waals surface area contributed by atoms with E-state index in [2.05, 4.69) is 48.1 Å². The molecule has 50 heavy (non-hydrogen) atoms. The summed E-state index contributed by atoms with van der Waals surface area (Å²) in [7, 11) is 0. The number of H-pyrrole nitrogens is 2. The summed E-state index contributed by atoms with van der Waals surface area (Å²) in [5.74, 6) is 3.13. The Balaban J connectivity index is 1.10. The summed E-state index contributed by atoms with van der Waals surface area (Å²) in [6.07, 6.45) is 6.52. The maximum Gasteiger partial charge on any atom is 0.410 e. The fraction of sp³-hybridized carbons (Fsp3) is 0.487. The van der Waals surface area contributed by atoms with E-state index in [-0.39, 0.29) is 29.7 Å². The zero-order valence-corrected chi connectivity index (χ0v) is 30.3. The smallest absolute Gasteiger partial charge is 0.410 e. The summed E-state index contributed by atoms with van der Waals surface area (Å²) >= 11 is 0. The van der Waals surface area contributed by atoms with Gasteiger partial charge in [0.25, 0.3) is 0 Å². The molecule has 2 saturated heterocycles. The molecule has 2 aromatic heterocycles. The fourth-order valence-electron chi connectivity index (χ4n) is 7.31. The minimum atomic E-state index is -0.555. The average Bonchev–Trinajstić information content (AvgIpc) is 3.85. The molecule has 0 unspecified atom stereocenters. The van der Waals surface area contributed by atoms with Crippen LogP contribution in [0.5, 0.6) is 11.5 Å². The molecule has 3 aliphatic rings. The molecule has 0 bridgehead atoms. The van der Waals surface area contributed by atoms with E-state index in [1.807, 2.05) is 66.1 Å². The van der Waals surface area contributed by atoms with Crippen LogP contribution < -0.4 is 4.74 Å². The zero-order valence-electron chi connectivity index (χ0n) is 30.3. The van der Waals surface area contributed by atoms with Gasteiger partial charge in [-0.3, -0.25) is 9.80 Å². The molecule has 264 valence electrons. The molecule has 0 radical (unpaired) electrons. The first-order valence-corrected chi connectivity index (χ1v) is 17.6. The van der Waals surface area contributed by atoms with Gasteiger partial charge in [-0.05, 0) is 91.5 Å². The van der Waals surface area contributed by atoms with Crippen LogP contribution in [0.15, 0.2) is 48.8 Å². The Morgan fingerprint density at radius 2 is 1.24 bits per heavy atom. The van der Waals surface area contributed by atoms with Crippen molar-refractivity contribution >= 4 is 12.2 Å². The molecule has 4 aromatic rings. The lowest BCUT2D eigenvalue weighted by Gasteiger charge is -2.35. The van der Waals surface area contributed by atoms with E-state index < -0.39 is 11.2 Å². The molecule has 2 N–H and O–H groups in total. The molecule has 11 nitrogen and oxygen atoms in total. The highest BCUT2D eigenvalue weighted by Gasteiger charge is 2.38. The molecule has 0 aliphatic carbocycles. The number of aromatic nitrogens is 4. The number of amides is 2. The van der Waals surface area contributed by atoms with Crippen LogP contribution in [0.3, 0.4) is 0 Å². The van der Waals surface area contributed by atoms with Gasteiger partial charge in [0.2, 0.25) is 0 Å². The number of rotatable bonds is 4. The van der Waals surface area contributed by atoms with Gasteiger partial charge >= 0.3 is 12.2 Å². The molecule has 11 heteroatoms. The summed E-state index contributed by atoms with van der Waals surface area (Å²) in [6, 6.07) is 12.2. The molecule has 0 saturated carbocycles. The lowest BCUT2D eigenvalue weighted by molar-refractivity contribution is 0.0208. The first kappa shape index (κ1) is 33.7. The van der Waals surface area contributed by atoms with E-state index in [0.29, 0.717) is 13.1 Å². The number of nitrogens with one attached hydrogen (secondary N) is 2. The molecular formula is C39H48N6O5. The first-order chi connectivity index (χ1) is 23.6. The van der Waals surface area contributed by atoms with E-state index in [4.69, 9.17) is 24.2 Å². The SMILES string of the molecule is CC(C)(C)OC(=O)N1CCC[C@H]1c1ncc(-c2ccc3c(c2)Oc2ccc(-c4cnc([C@@H]5CCCN5C(=O)OC(C)(C)C)[nH]4)cc2C3(C)C)[nH]1. The fourth-order valence-corrected chi connectivity index (χ4v) is 7.31. The number of imidazole rings is 2. The monoisotopic (exact) mass is 680 g/mol. The van der Waals surface area contributed by atoms with Crippen molar-refractivity contribution in [1.82, 2.24) is 29.7 Å². The third kappa shape index (κ3) is 6.45. The zero-order chi connectivity index (χ0) is 35.6. The molecule has 2 atom stereocenters. The number of carbonyl (C=O) groups excluding carboxylic acids is 2. The minimum Gasteiger partial charge on any atom is -0.457 e. The second-order valence-corrected chi connectivity index (χ2v) is 16.2. The van der Waals surface area contributed by atoms with Crippen molar-refractivity contribution in [2.24, 2.45) is 0 Å². The molecule has 2 aromatic carbocycles. The maximum absolute atomic E-state index is 12.9. The summed E-state index contributed by atoms with van der Waals surface area (Å²) in [6.45, 7) is 17.0. The predicted molar refractivity (Wildman–Crippen MR) is 190 cm³/mol. The van der Waals surface area contributed by atoms with Gasteiger partial charge < -0.3 is 24.2 Å². The van der Waals surface area contributed by atoms with Gasteiger partial charge in [-0.25, -0.2) is 19.6 Å². The number of aromatic amines is 2. The third-order valence-corrected chi connectivity index (χ3v) is 9.73. The number of benzene rings is 2. The lowest BCUT2D eigenvalue weighted by atomic mass is 9.75. The summed E-state index contributed by atoms with van der Waals surface area (Å²) in [4.78, 5) is 45.7. The summed E-state index contributed by atoms with van der Waals surface area (Å²) in [5.41, 5.74) is 4.42. The minimum absolute atomic E-state index is 0.148. The standard InChI is InChI=1S/C39H48N6O5/c1-37(2,3)49-35(46)44-17-9-11-29(44)33-40-21-27(42-33)23-14-16-31-26(19-23)39(7,8)25-15-13-24(20-32(25)48-31)28-22-41-34(43-28)30-12-10-18-45(30)36(47)50-38(4,5)6/h13-16,19-22,29-30H,9-12,17-18H2,1-8H3,(H,40,42)(H,41,43)/t29-,30-/m0/s1. The van der Waals surface area contributed by atoms with Crippen LogP contribution in [-0.4, -0.2) is 66.2 Å². The first-order valence-electron chi connectivity index (χ1n) is 17.6. The number of fused-ring (bicyclic) bond motifs is 2. The lowest BCUT2D eigenvalue weighted by Crippen LogP contribution is -2.36. The number of carbonyl (C=O) groups is 2. The van der Waals surface area contributed by atoms with Gasteiger partial charge in [0.15, 0.2) is 0 Å². The Kier molecular flexibility index (Phi) is 8.22. The van der Waals surface area contributed by atoms with Crippen LogP contribution in [-0.2, 0) is 14.9 Å². The van der Waals surface area contributed by atoms with Crippen molar-refractivity contribution in [3.63, 3.8) is 0 Å². The van der Waals surface area contributed by atoms with Crippen molar-refractivity contribution in [3.05, 3.63) is 71.6 Å². The number of ether oxygens (including phenoxy) is 3. The van der Waals surface area contributed by atoms with E-state index in [0.717, 1.165) is 82.5 Å². The van der Waals surface area contributed by atoms with Gasteiger partial charge in [0.05, 0.1) is 35.9 Å². The second-order valence-electron chi connectivity index (χ2n) is 16.2. The molecule has 7 rings (SSSR count). The van der Waals surface area contributed by atoms with Gasteiger partial charge in [-0.1, -0.05) is 26.0 Å². The Bertz CT molecular complexity index is 1930. The number of nitrogens with zero attached hydrogens (tertiary/aromatic N) is 4. The van der Waals surface area contributed by atoms with E-state index in [9.17, 15) is 9.59 Å². The van der Waals surface area contributed by atoms with E-state index >= 15 is 0 Å². The van der Waals surface area contributed by atoms with Gasteiger partial charge in [-0.2, -0.15) is 0 Å². The van der Waals surface area contributed by atoms with Crippen molar-refractivity contribution in [2.75, 3.05) is 13.1 Å². The molecule has 3 aliphatic heterocycles. The second kappa shape index (κ2) is 12.2. The normalized spacial score (nSPS) is 19.9. The van der Waals surface area contributed by atoms with Crippen molar-refractivity contribution in [1.29, 1.82) is 0 Å².